The SMILES string of the molecule is [CH]CCCCCC[CH2]. The van der Waals surface area contributed by atoms with E-state index in [1.807, 2.05) is 0 Å². The van der Waals surface area contributed by atoms with Gasteiger partial charge in [-0.15, -0.1) is 0 Å². The summed E-state index contributed by atoms with van der Waals surface area (Å²) in [6, 6.07) is 0. The lowest BCUT2D eigenvalue weighted by Gasteiger charge is -1.93. The Hall–Kier alpha value is 0. The van der Waals surface area contributed by atoms with E-state index >= 15 is 0 Å². The van der Waals surface area contributed by atoms with Crippen molar-refractivity contribution in [1.82, 2.24) is 0 Å². The zero-order valence-electron chi connectivity index (χ0n) is 5.53. The van der Waals surface area contributed by atoms with Crippen LogP contribution in [0.1, 0.15) is 38.5 Å². The van der Waals surface area contributed by atoms with Crippen LogP contribution >= 0.6 is 0 Å². The highest BCUT2D eigenvalue weighted by atomic mass is 13.9. The maximum Gasteiger partial charge on any atom is -0.0352 e. The van der Waals surface area contributed by atoms with Gasteiger partial charge in [0, 0.05) is 0 Å². The van der Waals surface area contributed by atoms with Crippen molar-refractivity contribution in [3.05, 3.63) is 13.8 Å². The van der Waals surface area contributed by atoms with Crippen molar-refractivity contribution >= 4 is 0 Å². The molecule has 0 N–H and O–H groups in total. The van der Waals surface area contributed by atoms with Crippen LogP contribution in [0.25, 0.3) is 0 Å². The average molecular weight is 111 g/mol. The summed E-state index contributed by atoms with van der Waals surface area (Å²) in [4.78, 5) is 0. The Balaban J connectivity index is 2.53. The van der Waals surface area contributed by atoms with Crippen LogP contribution in [0.15, 0.2) is 0 Å². The van der Waals surface area contributed by atoms with Crippen LogP contribution in [0.2, 0.25) is 0 Å². The van der Waals surface area contributed by atoms with Gasteiger partial charge >= 0.3 is 0 Å². The molecule has 0 aliphatic heterocycles. The molecule has 0 aliphatic carbocycles. The van der Waals surface area contributed by atoms with Crippen LogP contribution in [0.4, 0.5) is 0 Å². The molecule has 0 saturated heterocycles. The fourth-order valence-electron chi connectivity index (χ4n) is 0.675. The standard InChI is InChI=1S/C8H15/c1-3-5-7-8-6-4-2/h1H,2-8H2. The molecule has 0 unspecified atom stereocenters. The first-order valence-corrected chi connectivity index (χ1v) is 3.41. The Morgan fingerprint density at radius 3 is 2.12 bits per heavy atom. The summed E-state index contributed by atoms with van der Waals surface area (Å²) in [6.45, 7) is 9.05. The van der Waals surface area contributed by atoms with Crippen molar-refractivity contribution in [2.75, 3.05) is 0 Å². The highest BCUT2D eigenvalue weighted by Crippen LogP contribution is 2.02. The van der Waals surface area contributed by atoms with Gasteiger partial charge < -0.3 is 0 Å². The normalized spacial score (nSPS) is 9.75. The minimum absolute atomic E-state index is 0.844. The van der Waals surface area contributed by atoms with Gasteiger partial charge in [0.1, 0.15) is 0 Å². The number of hydrogen-bond acceptors (Lipinski definition) is 0. The van der Waals surface area contributed by atoms with Crippen molar-refractivity contribution in [2.45, 2.75) is 38.5 Å². The monoisotopic (exact) mass is 111 g/mol. The molecule has 0 aromatic rings. The van der Waals surface area contributed by atoms with Crippen molar-refractivity contribution in [3.63, 3.8) is 0 Å². The highest BCUT2D eigenvalue weighted by molar-refractivity contribution is 4.46. The van der Waals surface area contributed by atoms with Crippen LogP contribution in [0, 0.1) is 13.8 Å². The summed E-state index contributed by atoms with van der Waals surface area (Å²) in [5.41, 5.74) is 0. The number of rotatable bonds is 5. The molecule has 0 bridgehead atoms. The average Bonchev–Trinajstić information content (AvgIpc) is 1.81. The summed E-state index contributed by atoms with van der Waals surface area (Å²) in [5.74, 6) is 0. The molecule has 0 heterocycles. The van der Waals surface area contributed by atoms with E-state index < -0.39 is 0 Å². The molecule has 0 amide bonds. The number of hydrogen-bond donors (Lipinski definition) is 0. The molecule has 0 atom stereocenters. The first kappa shape index (κ1) is 8.00. The van der Waals surface area contributed by atoms with Crippen LogP contribution < -0.4 is 0 Å². The lowest BCUT2D eigenvalue weighted by molar-refractivity contribution is 0.651. The fraction of sp³-hybridized carbons (Fsp3) is 0.750. The Morgan fingerprint density at radius 1 is 1.00 bits per heavy atom. The fourth-order valence-corrected chi connectivity index (χ4v) is 0.675. The van der Waals surface area contributed by atoms with Gasteiger partial charge in [0.25, 0.3) is 0 Å². The quantitative estimate of drug-likeness (QED) is 0.478. The molecule has 0 aromatic heterocycles. The van der Waals surface area contributed by atoms with Crippen molar-refractivity contribution in [3.8, 4) is 0 Å². The van der Waals surface area contributed by atoms with Gasteiger partial charge in [-0.1, -0.05) is 39.0 Å². The second kappa shape index (κ2) is 7.00. The van der Waals surface area contributed by atoms with Crippen molar-refractivity contribution in [2.24, 2.45) is 0 Å². The molecule has 0 nitrogen and oxygen atoms in total. The summed E-state index contributed by atoms with van der Waals surface area (Å²) in [5, 5.41) is 0. The van der Waals surface area contributed by atoms with Gasteiger partial charge in [0.2, 0.25) is 0 Å². The van der Waals surface area contributed by atoms with Crippen LogP contribution in [0.3, 0.4) is 0 Å². The molecule has 0 aliphatic rings. The molecule has 0 heteroatoms. The molecule has 0 spiro atoms. The minimum Gasteiger partial charge on any atom is -0.0533 e. The first-order valence-electron chi connectivity index (χ1n) is 3.41. The van der Waals surface area contributed by atoms with E-state index in [-0.39, 0.29) is 0 Å². The molecule has 0 fully saturated rings. The third-order valence-corrected chi connectivity index (χ3v) is 1.20. The minimum atomic E-state index is 0.844. The Kier molecular flexibility index (Phi) is 7.00. The lowest BCUT2D eigenvalue weighted by atomic mass is 10.1. The van der Waals surface area contributed by atoms with E-state index in [1.54, 1.807) is 0 Å². The molecule has 47 valence electrons. The van der Waals surface area contributed by atoms with Gasteiger partial charge in [-0.2, -0.15) is 0 Å². The molecular formula is C8H15. The summed E-state index contributed by atoms with van der Waals surface area (Å²) >= 11 is 0. The third-order valence-electron chi connectivity index (χ3n) is 1.20. The van der Waals surface area contributed by atoms with Gasteiger partial charge in [0.05, 0.1) is 0 Å². The van der Waals surface area contributed by atoms with Gasteiger partial charge in [-0.25, -0.2) is 0 Å². The third kappa shape index (κ3) is 6.00. The van der Waals surface area contributed by atoms with Crippen molar-refractivity contribution < 1.29 is 0 Å². The summed E-state index contributed by atoms with van der Waals surface area (Å²) < 4.78 is 0. The van der Waals surface area contributed by atoms with Crippen LogP contribution in [-0.2, 0) is 0 Å². The summed E-state index contributed by atoms with van der Waals surface area (Å²) in [7, 11) is 0. The Labute approximate surface area is 53.3 Å². The van der Waals surface area contributed by atoms with Gasteiger partial charge in [-0.05, 0) is 13.3 Å². The topological polar surface area (TPSA) is 0 Å². The zero-order valence-corrected chi connectivity index (χ0v) is 5.53. The molecule has 8 heavy (non-hydrogen) atoms. The predicted octanol–water partition coefficient (Wildman–Crippen LogP) is 2.87. The molecule has 0 saturated carbocycles. The lowest BCUT2D eigenvalue weighted by Crippen LogP contribution is -1.74. The van der Waals surface area contributed by atoms with Crippen LogP contribution in [-0.4, -0.2) is 0 Å². The van der Waals surface area contributed by atoms with Crippen LogP contribution in [0.5, 0.6) is 0 Å². The van der Waals surface area contributed by atoms with Crippen molar-refractivity contribution in [1.29, 1.82) is 0 Å². The molecule has 3 radical (unpaired) electrons. The maximum atomic E-state index is 5.30. The smallest absolute Gasteiger partial charge is 0.0352 e. The molecular weight excluding hydrogens is 96.1 g/mol. The van der Waals surface area contributed by atoms with Gasteiger partial charge in [0.15, 0.2) is 0 Å². The Bertz CT molecular complexity index is 25.0. The summed E-state index contributed by atoms with van der Waals surface area (Å²) in [6.07, 6.45) is 6.95. The second-order valence-electron chi connectivity index (χ2n) is 2.06. The van der Waals surface area contributed by atoms with Gasteiger partial charge in [-0.3, -0.25) is 0 Å². The van der Waals surface area contributed by atoms with E-state index in [4.69, 9.17) is 6.92 Å². The van der Waals surface area contributed by atoms with E-state index in [2.05, 4.69) is 6.92 Å². The maximum absolute atomic E-state index is 5.30. The first-order chi connectivity index (χ1) is 3.91. The molecule has 0 rings (SSSR count). The zero-order chi connectivity index (χ0) is 6.24. The van der Waals surface area contributed by atoms with E-state index in [1.165, 1.54) is 25.7 Å². The Morgan fingerprint density at radius 2 is 1.62 bits per heavy atom. The van der Waals surface area contributed by atoms with E-state index in [0.29, 0.717) is 0 Å². The predicted molar refractivity (Wildman–Crippen MR) is 37.4 cm³/mol. The van der Waals surface area contributed by atoms with E-state index in [0.717, 1.165) is 12.8 Å². The largest absolute Gasteiger partial charge is 0.0533 e. The highest BCUT2D eigenvalue weighted by Gasteiger charge is 1.83. The van der Waals surface area contributed by atoms with E-state index in [9.17, 15) is 0 Å². The second-order valence-corrected chi connectivity index (χ2v) is 2.06. The number of unbranched alkanes of at least 4 members (excludes halogenated alkanes) is 5. The molecule has 0 aromatic carbocycles.